The zero-order valence-electron chi connectivity index (χ0n) is 10.8. The molecule has 1 aliphatic heterocycles. The first-order valence-corrected chi connectivity index (χ1v) is 9.58. The number of nitrogens with two attached hydrogens (primary N) is 1. The van der Waals surface area contributed by atoms with E-state index in [0.29, 0.717) is 23.7 Å². The Kier molecular flexibility index (Phi) is 5.62. The normalized spacial score (nSPS) is 17.9. The molecule has 1 aromatic carbocycles. The number of rotatable bonds is 3. The van der Waals surface area contributed by atoms with Gasteiger partial charge in [-0.1, -0.05) is 23.2 Å². The van der Waals surface area contributed by atoms with Gasteiger partial charge in [-0.05, 0) is 24.3 Å². The Morgan fingerprint density at radius 2 is 2.00 bits per heavy atom. The molecule has 0 amide bonds. The Balaban J connectivity index is 2.43. The average Bonchev–Trinajstić information content (AvgIpc) is 2.68. The maximum Gasteiger partial charge on any atom is 0.244 e. The van der Waals surface area contributed by atoms with E-state index in [1.54, 1.807) is 11.8 Å². The van der Waals surface area contributed by atoms with Gasteiger partial charge < -0.3 is 5.73 Å². The summed E-state index contributed by atoms with van der Waals surface area (Å²) in [5.74, 6) is 1.78. The van der Waals surface area contributed by atoms with Gasteiger partial charge in [-0.25, -0.2) is 8.42 Å². The number of nitrogens with zero attached hydrogens (tertiary/aromatic N) is 1. The van der Waals surface area contributed by atoms with Gasteiger partial charge in [0.2, 0.25) is 10.0 Å². The average molecular weight is 355 g/mol. The van der Waals surface area contributed by atoms with Gasteiger partial charge in [-0.3, -0.25) is 0 Å². The fraction of sp³-hybridized carbons (Fsp3) is 0.500. The highest BCUT2D eigenvalue weighted by atomic mass is 35.5. The van der Waals surface area contributed by atoms with Gasteiger partial charge in [-0.2, -0.15) is 16.1 Å². The van der Waals surface area contributed by atoms with Crippen LogP contribution in [0.25, 0.3) is 0 Å². The van der Waals surface area contributed by atoms with Crippen molar-refractivity contribution in [3.63, 3.8) is 0 Å². The lowest BCUT2D eigenvalue weighted by Gasteiger charge is -2.21. The molecular formula is C12H16Cl2N2O2S2. The molecule has 4 nitrogen and oxygen atoms in total. The number of sulfonamides is 1. The molecule has 1 fully saturated rings. The first kappa shape index (κ1) is 16.4. The van der Waals surface area contributed by atoms with Crippen molar-refractivity contribution in [2.24, 2.45) is 5.73 Å². The number of thioether (sulfide) groups is 1. The van der Waals surface area contributed by atoms with Crippen molar-refractivity contribution in [3.05, 3.63) is 27.7 Å². The standard InChI is InChI=1S/C12H16Cl2N2O2S2/c13-10-2-3-11(12(14)9(10)8-15)20(17,18)16-4-1-6-19-7-5-16/h2-3H,1,4-8,15H2. The second-order valence-corrected chi connectivity index (χ2v) is 8.33. The SMILES string of the molecule is NCc1c(Cl)ccc(S(=O)(=O)N2CCCSCC2)c1Cl. The van der Waals surface area contributed by atoms with Crippen molar-refractivity contribution in [3.8, 4) is 0 Å². The molecule has 0 radical (unpaired) electrons. The fourth-order valence-electron chi connectivity index (χ4n) is 2.07. The van der Waals surface area contributed by atoms with Crippen LogP contribution in [-0.2, 0) is 16.6 Å². The highest BCUT2D eigenvalue weighted by molar-refractivity contribution is 7.99. The third-order valence-corrected chi connectivity index (χ3v) is 7.04. The van der Waals surface area contributed by atoms with Gasteiger partial charge in [0.1, 0.15) is 4.90 Å². The van der Waals surface area contributed by atoms with Crippen LogP contribution in [0.15, 0.2) is 17.0 Å². The van der Waals surface area contributed by atoms with Crippen LogP contribution >= 0.6 is 35.0 Å². The minimum atomic E-state index is -3.59. The maximum atomic E-state index is 12.7. The van der Waals surface area contributed by atoms with Crippen LogP contribution in [0.5, 0.6) is 0 Å². The number of hydrogen-bond acceptors (Lipinski definition) is 4. The molecule has 0 unspecified atom stereocenters. The number of hydrogen-bond donors (Lipinski definition) is 1. The van der Waals surface area contributed by atoms with Crippen molar-refractivity contribution >= 4 is 45.0 Å². The van der Waals surface area contributed by atoms with Crippen LogP contribution in [0, 0.1) is 0 Å². The van der Waals surface area contributed by atoms with E-state index in [1.807, 2.05) is 0 Å². The molecule has 0 atom stereocenters. The zero-order chi connectivity index (χ0) is 14.8. The van der Waals surface area contributed by atoms with Crippen molar-refractivity contribution in [1.82, 2.24) is 4.31 Å². The van der Waals surface area contributed by atoms with Crippen LogP contribution in [-0.4, -0.2) is 37.3 Å². The molecule has 0 saturated carbocycles. The van der Waals surface area contributed by atoms with E-state index in [-0.39, 0.29) is 16.5 Å². The smallest absolute Gasteiger partial charge is 0.244 e. The number of halogens is 2. The Morgan fingerprint density at radius 3 is 2.70 bits per heavy atom. The summed E-state index contributed by atoms with van der Waals surface area (Å²) in [5.41, 5.74) is 6.06. The molecule has 0 aliphatic carbocycles. The molecule has 0 aromatic heterocycles. The highest BCUT2D eigenvalue weighted by Crippen LogP contribution is 2.33. The quantitative estimate of drug-likeness (QED) is 0.905. The Labute approximate surface area is 133 Å². The molecule has 20 heavy (non-hydrogen) atoms. The maximum absolute atomic E-state index is 12.7. The fourth-order valence-corrected chi connectivity index (χ4v) is 5.45. The molecule has 0 bridgehead atoms. The van der Waals surface area contributed by atoms with Crippen molar-refractivity contribution in [1.29, 1.82) is 0 Å². The third-order valence-electron chi connectivity index (χ3n) is 3.15. The summed E-state index contributed by atoms with van der Waals surface area (Å²) in [4.78, 5) is 0.0934. The molecule has 1 saturated heterocycles. The predicted octanol–water partition coefficient (Wildman–Crippen LogP) is 2.58. The van der Waals surface area contributed by atoms with Crippen LogP contribution in [0.2, 0.25) is 10.0 Å². The van der Waals surface area contributed by atoms with Gasteiger partial charge in [0, 0.05) is 36.0 Å². The Morgan fingerprint density at radius 1 is 1.25 bits per heavy atom. The van der Waals surface area contributed by atoms with Gasteiger partial charge in [0.05, 0.1) is 5.02 Å². The molecule has 2 N–H and O–H groups in total. The lowest BCUT2D eigenvalue weighted by molar-refractivity contribution is 0.435. The van der Waals surface area contributed by atoms with Crippen LogP contribution in [0.4, 0.5) is 0 Å². The molecular weight excluding hydrogens is 339 g/mol. The highest BCUT2D eigenvalue weighted by Gasteiger charge is 2.28. The minimum Gasteiger partial charge on any atom is -0.326 e. The summed E-state index contributed by atoms with van der Waals surface area (Å²) in [6, 6.07) is 2.99. The molecule has 1 aliphatic rings. The minimum absolute atomic E-state index is 0.0934. The van der Waals surface area contributed by atoms with E-state index in [0.717, 1.165) is 17.9 Å². The first-order valence-electron chi connectivity index (χ1n) is 6.23. The summed E-state index contributed by atoms with van der Waals surface area (Å²) >= 11 is 13.9. The molecule has 2 rings (SSSR count). The van der Waals surface area contributed by atoms with Crippen LogP contribution in [0.1, 0.15) is 12.0 Å². The largest absolute Gasteiger partial charge is 0.326 e. The number of benzene rings is 1. The van der Waals surface area contributed by atoms with E-state index in [2.05, 4.69) is 0 Å². The van der Waals surface area contributed by atoms with E-state index < -0.39 is 10.0 Å². The third kappa shape index (κ3) is 3.26. The van der Waals surface area contributed by atoms with E-state index in [9.17, 15) is 8.42 Å². The monoisotopic (exact) mass is 354 g/mol. The van der Waals surface area contributed by atoms with Gasteiger partial charge >= 0.3 is 0 Å². The molecule has 112 valence electrons. The first-order chi connectivity index (χ1) is 9.48. The topological polar surface area (TPSA) is 63.4 Å². The van der Waals surface area contributed by atoms with E-state index in [4.69, 9.17) is 28.9 Å². The zero-order valence-corrected chi connectivity index (χ0v) is 14.0. The summed E-state index contributed by atoms with van der Waals surface area (Å²) in [7, 11) is -3.59. The molecule has 1 heterocycles. The summed E-state index contributed by atoms with van der Waals surface area (Å²) in [6.07, 6.45) is 0.846. The second-order valence-electron chi connectivity index (χ2n) is 4.41. The molecule has 1 aromatic rings. The second kappa shape index (κ2) is 6.85. The van der Waals surface area contributed by atoms with E-state index in [1.165, 1.54) is 16.4 Å². The Bertz CT molecular complexity index is 585. The van der Waals surface area contributed by atoms with Gasteiger partial charge in [-0.15, -0.1) is 0 Å². The summed E-state index contributed by atoms with van der Waals surface area (Å²) in [6.45, 7) is 1.13. The van der Waals surface area contributed by atoms with Crippen molar-refractivity contribution in [2.75, 3.05) is 24.6 Å². The van der Waals surface area contributed by atoms with Gasteiger partial charge in [0.25, 0.3) is 0 Å². The lowest BCUT2D eigenvalue weighted by atomic mass is 10.2. The van der Waals surface area contributed by atoms with Crippen molar-refractivity contribution in [2.45, 2.75) is 17.9 Å². The van der Waals surface area contributed by atoms with Crippen LogP contribution in [0.3, 0.4) is 0 Å². The van der Waals surface area contributed by atoms with Gasteiger partial charge in [0.15, 0.2) is 0 Å². The van der Waals surface area contributed by atoms with E-state index >= 15 is 0 Å². The lowest BCUT2D eigenvalue weighted by Crippen LogP contribution is -2.33. The Hall–Kier alpha value is 0.0200. The summed E-state index contributed by atoms with van der Waals surface area (Å²) in [5, 5.41) is 0.528. The predicted molar refractivity (Wildman–Crippen MR) is 85.1 cm³/mol. The summed E-state index contributed by atoms with van der Waals surface area (Å²) < 4.78 is 26.9. The molecule has 8 heteroatoms. The molecule has 0 spiro atoms. The van der Waals surface area contributed by atoms with Crippen molar-refractivity contribution < 1.29 is 8.42 Å². The van der Waals surface area contributed by atoms with Crippen LogP contribution < -0.4 is 5.73 Å².